The summed E-state index contributed by atoms with van der Waals surface area (Å²) in [7, 11) is 0. The van der Waals surface area contributed by atoms with E-state index in [4.69, 9.17) is 17.0 Å². The van der Waals surface area contributed by atoms with Gasteiger partial charge in [-0.05, 0) is 51.0 Å². The van der Waals surface area contributed by atoms with Gasteiger partial charge in [-0.1, -0.05) is 6.07 Å². The Hall–Kier alpha value is -1.20. The zero-order chi connectivity index (χ0) is 13.8. The quantitative estimate of drug-likeness (QED) is 0.640. The molecule has 0 unspecified atom stereocenters. The van der Waals surface area contributed by atoms with Gasteiger partial charge in [0.15, 0.2) is 4.77 Å². The SMILES string of the molecule is CC(C)OCCCCn1c(=S)[nH]c2c(F)cccc21. The molecule has 3 nitrogen and oxygen atoms in total. The van der Waals surface area contributed by atoms with Crippen molar-refractivity contribution in [3.63, 3.8) is 0 Å². The molecule has 0 fully saturated rings. The standard InChI is InChI=1S/C14H19FN2OS/c1-10(2)18-9-4-3-8-17-12-7-5-6-11(15)13(12)16-14(17)19/h5-7,10H,3-4,8-9H2,1-2H3,(H,16,19). The summed E-state index contributed by atoms with van der Waals surface area (Å²) < 4.78 is 21.6. The predicted molar refractivity (Wildman–Crippen MR) is 77.4 cm³/mol. The molecule has 1 aromatic heterocycles. The van der Waals surface area contributed by atoms with Gasteiger partial charge in [0.25, 0.3) is 0 Å². The number of halogens is 1. The predicted octanol–water partition coefficient (Wildman–Crippen LogP) is 4.04. The lowest BCUT2D eigenvalue weighted by Gasteiger charge is -2.08. The van der Waals surface area contributed by atoms with Crippen LogP contribution in [0.5, 0.6) is 0 Å². The molecule has 2 aromatic rings. The third-order valence-corrected chi connectivity index (χ3v) is 3.31. The van der Waals surface area contributed by atoms with E-state index in [1.165, 1.54) is 6.07 Å². The van der Waals surface area contributed by atoms with E-state index in [2.05, 4.69) is 4.98 Å². The van der Waals surface area contributed by atoms with Crippen LogP contribution < -0.4 is 0 Å². The van der Waals surface area contributed by atoms with Crippen LogP contribution >= 0.6 is 12.2 Å². The molecule has 2 rings (SSSR count). The van der Waals surface area contributed by atoms with Crippen LogP contribution in [0.1, 0.15) is 26.7 Å². The summed E-state index contributed by atoms with van der Waals surface area (Å²) in [6.45, 7) is 5.59. The van der Waals surface area contributed by atoms with Crippen molar-refractivity contribution in [2.45, 2.75) is 39.3 Å². The fraction of sp³-hybridized carbons (Fsp3) is 0.500. The minimum Gasteiger partial charge on any atom is -0.379 e. The van der Waals surface area contributed by atoms with Crippen molar-refractivity contribution in [2.75, 3.05) is 6.61 Å². The number of aromatic nitrogens is 2. The fourth-order valence-electron chi connectivity index (χ4n) is 2.06. The number of imidazole rings is 1. The van der Waals surface area contributed by atoms with Crippen LogP contribution in [0.4, 0.5) is 4.39 Å². The van der Waals surface area contributed by atoms with Gasteiger partial charge in [-0.25, -0.2) is 4.39 Å². The second-order valence-corrected chi connectivity index (χ2v) is 5.23. The first kappa shape index (κ1) is 14.2. The molecular weight excluding hydrogens is 263 g/mol. The second-order valence-electron chi connectivity index (χ2n) is 4.84. The largest absolute Gasteiger partial charge is 0.379 e. The first-order chi connectivity index (χ1) is 9.09. The zero-order valence-corrected chi connectivity index (χ0v) is 12.1. The number of nitrogens with zero attached hydrogens (tertiary/aromatic N) is 1. The molecule has 0 saturated heterocycles. The van der Waals surface area contributed by atoms with E-state index in [0.29, 0.717) is 10.3 Å². The van der Waals surface area contributed by atoms with Crippen LogP contribution in [0.15, 0.2) is 18.2 Å². The van der Waals surface area contributed by atoms with Crippen molar-refractivity contribution in [2.24, 2.45) is 0 Å². The van der Waals surface area contributed by atoms with E-state index in [1.807, 2.05) is 24.5 Å². The molecule has 1 heterocycles. The van der Waals surface area contributed by atoms with Gasteiger partial charge in [-0.15, -0.1) is 0 Å². The number of para-hydroxylation sites is 1. The summed E-state index contributed by atoms with van der Waals surface area (Å²) >= 11 is 5.24. The number of fused-ring (bicyclic) bond motifs is 1. The van der Waals surface area contributed by atoms with Gasteiger partial charge in [0.2, 0.25) is 0 Å². The van der Waals surface area contributed by atoms with Crippen LogP contribution in [-0.2, 0) is 11.3 Å². The van der Waals surface area contributed by atoms with Crippen molar-refractivity contribution >= 4 is 23.3 Å². The number of benzene rings is 1. The molecule has 0 aliphatic carbocycles. The molecule has 0 saturated carbocycles. The van der Waals surface area contributed by atoms with Gasteiger partial charge in [0.1, 0.15) is 11.3 Å². The van der Waals surface area contributed by atoms with E-state index < -0.39 is 0 Å². The maximum atomic E-state index is 13.6. The monoisotopic (exact) mass is 282 g/mol. The Morgan fingerprint density at radius 3 is 2.89 bits per heavy atom. The Balaban J connectivity index is 2.03. The summed E-state index contributed by atoms with van der Waals surface area (Å²) in [5, 5.41) is 0. The molecule has 1 N–H and O–H groups in total. The Morgan fingerprint density at radius 1 is 1.37 bits per heavy atom. The minimum atomic E-state index is -0.259. The molecule has 0 spiro atoms. The van der Waals surface area contributed by atoms with Crippen LogP contribution in [0, 0.1) is 10.6 Å². The van der Waals surface area contributed by atoms with Crippen molar-refractivity contribution in [1.29, 1.82) is 0 Å². The number of ether oxygens (including phenoxy) is 1. The lowest BCUT2D eigenvalue weighted by molar-refractivity contribution is 0.0755. The third-order valence-electron chi connectivity index (χ3n) is 2.99. The van der Waals surface area contributed by atoms with E-state index in [1.54, 1.807) is 6.07 Å². The smallest absolute Gasteiger partial charge is 0.178 e. The molecule has 104 valence electrons. The number of hydrogen-bond donors (Lipinski definition) is 1. The minimum absolute atomic E-state index is 0.259. The molecule has 0 aliphatic rings. The molecule has 0 atom stereocenters. The van der Waals surface area contributed by atoms with E-state index in [-0.39, 0.29) is 11.9 Å². The van der Waals surface area contributed by atoms with Crippen LogP contribution in [0.2, 0.25) is 0 Å². The molecule has 0 bridgehead atoms. The normalized spacial score (nSPS) is 11.6. The highest BCUT2D eigenvalue weighted by Crippen LogP contribution is 2.17. The first-order valence-corrected chi connectivity index (χ1v) is 6.99. The summed E-state index contributed by atoms with van der Waals surface area (Å²) in [6.07, 6.45) is 2.20. The van der Waals surface area contributed by atoms with E-state index in [0.717, 1.165) is 31.5 Å². The molecule has 19 heavy (non-hydrogen) atoms. The molecule has 5 heteroatoms. The highest BCUT2D eigenvalue weighted by molar-refractivity contribution is 7.71. The van der Waals surface area contributed by atoms with Crippen molar-refractivity contribution in [3.05, 3.63) is 28.8 Å². The topological polar surface area (TPSA) is 29.9 Å². The van der Waals surface area contributed by atoms with Gasteiger partial charge in [0, 0.05) is 13.2 Å². The first-order valence-electron chi connectivity index (χ1n) is 6.58. The maximum absolute atomic E-state index is 13.6. The van der Waals surface area contributed by atoms with Crippen molar-refractivity contribution < 1.29 is 9.13 Å². The second kappa shape index (κ2) is 6.30. The Kier molecular flexibility index (Phi) is 4.71. The number of unbranched alkanes of at least 4 members (excludes halogenated alkanes) is 1. The van der Waals surface area contributed by atoms with E-state index in [9.17, 15) is 4.39 Å². The lowest BCUT2D eigenvalue weighted by Crippen LogP contribution is -2.05. The van der Waals surface area contributed by atoms with Crippen molar-refractivity contribution in [1.82, 2.24) is 9.55 Å². The average Bonchev–Trinajstić information content (AvgIpc) is 2.67. The third kappa shape index (κ3) is 3.42. The van der Waals surface area contributed by atoms with Gasteiger partial charge in [0.05, 0.1) is 11.6 Å². The van der Waals surface area contributed by atoms with Gasteiger partial charge < -0.3 is 14.3 Å². The van der Waals surface area contributed by atoms with Gasteiger partial charge in [-0.2, -0.15) is 0 Å². The maximum Gasteiger partial charge on any atom is 0.178 e. The van der Waals surface area contributed by atoms with Crippen molar-refractivity contribution in [3.8, 4) is 0 Å². The van der Waals surface area contributed by atoms with Crippen LogP contribution in [0.3, 0.4) is 0 Å². The molecule has 0 amide bonds. The highest BCUT2D eigenvalue weighted by Gasteiger charge is 2.07. The number of nitrogens with one attached hydrogen (secondary N) is 1. The Bertz CT molecular complexity index is 603. The average molecular weight is 282 g/mol. The lowest BCUT2D eigenvalue weighted by atomic mass is 10.3. The summed E-state index contributed by atoms with van der Waals surface area (Å²) in [5.41, 5.74) is 1.32. The summed E-state index contributed by atoms with van der Waals surface area (Å²) in [6, 6.07) is 5.03. The summed E-state index contributed by atoms with van der Waals surface area (Å²) in [4.78, 5) is 2.93. The van der Waals surface area contributed by atoms with Gasteiger partial charge >= 0.3 is 0 Å². The highest BCUT2D eigenvalue weighted by atomic mass is 32.1. The number of rotatable bonds is 6. The van der Waals surface area contributed by atoms with Crippen LogP contribution in [-0.4, -0.2) is 22.3 Å². The number of hydrogen-bond acceptors (Lipinski definition) is 2. The molecule has 1 aromatic carbocycles. The zero-order valence-electron chi connectivity index (χ0n) is 11.3. The summed E-state index contributed by atoms with van der Waals surface area (Å²) in [5.74, 6) is -0.259. The Labute approximate surface area is 117 Å². The number of H-pyrrole nitrogens is 1. The molecule has 0 aliphatic heterocycles. The Morgan fingerprint density at radius 2 is 2.16 bits per heavy atom. The number of aryl methyl sites for hydroxylation is 1. The van der Waals surface area contributed by atoms with Crippen LogP contribution in [0.25, 0.3) is 11.0 Å². The molecule has 0 radical (unpaired) electrons. The number of aromatic amines is 1. The van der Waals surface area contributed by atoms with E-state index >= 15 is 0 Å². The fourth-order valence-corrected chi connectivity index (χ4v) is 2.35. The van der Waals surface area contributed by atoms with Gasteiger partial charge in [-0.3, -0.25) is 0 Å². The molecular formula is C14H19FN2OS.